The third kappa shape index (κ3) is 5.17. The molecule has 0 bridgehead atoms. The van der Waals surface area contributed by atoms with Gasteiger partial charge in [-0.3, -0.25) is 0 Å². The van der Waals surface area contributed by atoms with Crippen LogP contribution in [0.15, 0.2) is 218 Å². The van der Waals surface area contributed by atoms with E-state index in [2.05, 4.69) is 240 Å². The maximum absolute atomic E-state index is 2.51. The molecule has 65 heavy (non-hydrogen) atoms. The molecule has 4 aliphatic rings. The van der Waals surface area contributed by atoms with Crippen LogP contribution in [0.3, 0.4) is 0 Å². The normalized spacial score (nSPS) is 14.3. The average molecular weight is 827 g/mol. The summed E-state index contributed by atoms with van der Waals surface area (Å²) in [5.74, 6) is 0. The van der Waals surface area contributed by atoms with E-state index in [-0.39, 0.29) is 0 Å². The molecule has 0 amide bonds. The molecule has 0 unspecified atom stereocenters. The van der Waals surface area contributed by atoms with Crippen molar-refractivity contribution in [1.82, 2.24) is 0 Å². The Hall–Kier alpha value is -8.20. The van der Waals surface area contributed by atoms with Gasteiger partial charge < -0.3 is 9.80 Å². The Balaban J connectivity index is 0.924. The lowest BCUT2D eigenvalue weighted by Gasteiger charge is -2.35. The molecule has 14 rings (SSSR count). The second-order valence-corrected chi connectivity index (χ2v) is 18.0. The number of hydrogen-bond donors (Lipinski definition) is 0. The molecule has 0 aromatic heterocycles. The van der Waals surface area contributed by atoms with Crippen molar-refractivity contribution in [1.29, 1.82) is 0 Å². The van der Waals surface area contributed by atoms with Gasteiger partial charge in [0.05, 0.1) is 11.1 Å². The van der Waals surface area contributed by atoms with E-state index >= 15 is 0 Å². The first kappa shape index (κ1) is 36.3. The van der Waals surface area contributed by atoms with Crippen LogP contribution in [0, 0.1) is 0 Å². The van der Waals surface area contributed by atoms with E-state index in [0.717, 1.165) is 12.8 Å². The van der Waals surface area contributed by atoms with Gasteiger partial charge in [0, 0.05) is 46.7 Å². The number of fused-ring (bicyclic) bond motifs is 15. The van der Waals surface area contributed by atoms with E-state index in [9.17, 15) is 0 Å². The minimum Gasteiger partial charge on any atom is -0.310 e. The Labute approximate surface area is 379 Å². The quantitative estimate of drug-likeness (QED) is 0.163. The molecule has 2 heterocycles. The summed E-state index contributed by atoms with van der Waals surface area (Å²) in [4.78, 5) is 4.96. The molecular weight excluding hydrogens is 785 g/mol. The van der Waals surface area contributed by atoms with Gasteiger partial charge >= 0.3 is 0 Å². The van der Waals surface area contributed by atoms with Gasteiger partial charge in [-0.15, -0.1) is 0 Å². The molecule has 0 radical (unpaired) electrons. The first-order valence-electron chi connectivity index (χ1n) is 22.8. The molecule has 10 aromatic rings. The highest BCUT2D eigenvalue weighted by atomic mass is 15.2. The van der Waals surface area contributed by atoms with Crippen LogP contribution in [-0.4, -0.2) is 0 Å². The topological polar surface area (TPSA) is 6.48 Å². The standard InChI is InChI=1S/C63H42N2/c1-9-26-58-43(15-1)38-44-16-2-10-27-59(44)64(58)47-34-36-52-51-35-32-41(37-56(51)63(57(52)40-47)54-24-7-5-20-49(54)50-21-6-8-25-55(50)63)31-33-42-19-13-23-53-48(42)22-14-30-62(53)65-60-28-11-3-17-45(60)39-46-18-4-12-29-61(46)65/h1-37,40H,38-39H2/b33-31+. The molecule has 0 saturated heterocycles. The summed E-state index contributed by atoms with van der Waals surface area (Å²) < 4.78 is 0. The molecule has 2 aliphatic carbocycles. The fourth-order valence-electron chi connectivity index (χ4n) is 12.0. The Kier molecular flexibility index (Phi) is 7.76. The van der Waals surface area contributed by atoms with Crippen LogP contribution in [0.5, 0.6) is 0 Å². The smallest absolute Gasteiger partial charge is 0.0726 e. The van der Waals surface area contributed by atoms with Gasteiger partial charge in [0.2, 0.25) is 0 Å². The summed E-state index contributed by atoms with van der Waals surface area (Å²) >= 11 is 0. The SMILES string of the molecule is C(=C\c1cccc2c(N3c4ccccc4Cc4ccccc43)cccc12)/c1ccc2c(c1)C1(c3ccccc3-c3ccccc31)c1cc(N3c4ccccc4Cc4ccccc43)ccc1-2. The molecular formula is C63H42N2. The van der Waals surface area contributed by atoms with Gasteiger partial charge in [0.25, 0.3) is 0 Å². The predicted molar refractivity (Wildman–Crippen MR) is 271 cm³/mol. The fraction of sp³-hybridized carbons (Fsp3) is 0.0476. The number of rotatable bonds is 4. The van der Waals surface area contributed by atoms with E-state index in [1.807, 2.05) is 0 Å². The van der Waals surface area contributed by atoms with Gasteiger partial charge in [-0.2, -0.15) is 0 Å². The molecule has 304 valence electrons. The molecule has 10 aromatic carbocycles. The zero-order chi connectivity index (χ0) is 42.6. The number of benzene rings is 10. The lowest BCUT2D eigenvalue weighted by molar-refractivity contribution is 0.793. The number of anilines is 6. The molecule has 0 atom stereocenters. The summed E-state index contributed by atoms with van der Waals surface area (Å²) in [5.41, 5.74) is 25.3. The van der Waals surface area contributed by atoms with Crippen molar-refractivity contribution in [2.45, 2.75) is 18.3 Å². The average Bonchev–Trinajstić information content (AvgIpc) is 3.83. The minimum atomic E-state index is -0.484. The van der Waals surface area contributed by atoms with Crippen LogP contribution < -0.4 is 9.80 Å². The second-order valence-electron chi connectivity index (χ2n) is 18.0. The van der Waals surface area contributed by atoms with Crippen LogP contribution in [0.25, 0.3) is 45.2 Å². The molecule has 0 saturated carbocycles. The first-order valence-corrected chi connectivity index (χ1v) is 22.8. The van der Waals surface area contributed by atoms with Crippen molar-refractivity contribution in [2.24, 2.45) is 0 Å². The fourth-order valence-corrected chi connectivity index (χ4v) is 12.0. The predicted octanol–water partition coefficient (Wildman–Crippen LogP) is 16.1. The Morgan fingerprint density at radius 1 is 0.323 bits per heavy atom. The van der Waals surface area contributed by atoms with Gasteiger partial charge in [0.1, 0.15) is 0 Å². The zero-order valence-corrected chi connectivity index (χ0v) is 35.7. The van der Waals surface area contributed by atoms with Gasteiger partial charge in [0.15, 0.2) is 0 Å². The number of hydrogen-bond acceptors (Lipinski definition) is 2. The highest BCUT2D eigenvalue weighted by Crippen LogP contribution is 2.64. The Morgan fingerprint density at radius 3 is 1.40 bits per heavy atom. The van der Waals surface area contributed by atoms with E-state index in [4.69, 9.17) is 0 Å². The number of para-hydroxylation sites is 4. The summed E-state index contributed by atoms with van der Waals surface area (Å²) in [6, 6.07) is 81.7. The second kappa shape index (κ2) is 13.9. The highest BCUT2D eigenvalue weighted by Gasteiger charge is 2.52. The van der Waals surface area contributed by atoms with Crippen LogP contribution in [0.4, 0.5) is 34.1 Å². The third-order valence-corrected chi connectivity index (χ3v) is 14.7. The Morgan fingerprint density at radius 2 is 0.785 bits per heavy atom. The molecule has 1 spiro atoms. The van der Waals surface area contributed by atoms with Gasteiger partial charge in [-0.05, 0) is 132 Å². The Bertz CT molecular complexity index is 3510. The summed E-state index contributed by atoms with van der Waals surface area (Å²) in [5, 5.41) is 2.47. The first-order chi connectivity index (χ1) is 32.2. The van der Waals surface area contributed by atoms with Crippen molar-refractivity contribution in [3.8, 4) is 22.3 Å². The van der Waals surface area contributed by atoms with Crippen molar-refractivity contribution in [2.75, 3.05) is 9.80 Å². The van der Waals surface area contributed by atoms with Crippen LogP contribution in [0.1, 0.15) is 55.6 Å². The zero-order valence-electron chi connectivity index (χ0n) is 35.7. The van der Waals surface area contributed by atoms with E-state index in [0.29, 0.717) is 0 Å². The number of nitrogens with zero attached hydrogens (tertiary/aromatic N) is 2. The lowest BCUT2D eigenvalue weighted by Crippen LogP contribution is -2.26. The van der Waals surface area contributed by atoms with Gasteiger partial charge in [-0.25, -0.2) is 0 Å². The van der Waals surface area contributed by atoms with Crippen molar-refractivity contribution < 1.29 is 0 Å². The van der Waals surface area contributed by atoms with E-state index in [1.165, 1.54) is 123 Å². The molecule has 0 fully saturated rings. The van der Waals surface area contributed by atoms with Crippen LogP contribution in [0.2, 0.25) is 0 Å². The van der Waals surface area contributed by atoms with Crippen molar-refractivity contribution >= 4 is 57.0 Å². The maximum Gasteiger partial charge on any atom is 0.0726 e. The molecule has 2 heteroatoms. The summed E-state index contributed by atoms with van der Waals surface area (Å²) in [6.45, 7) is 0. The van der Waals surface area contributed by atoms with Crippen molar-refractivity contribution in [3.05, 3.63) is 274 Å². The molecule has 2 aliphatic heterocycles. The minimum absolute atomic E-state index is 0.484. The van der Waals surface area contributed by atoms with Crippen LogP contribution >= 0.6 is 0 Å². The summed E-state index contributed by atoms with van der Waals surface area (Å²) in [7, 11) is 0. The van der Waals surface area contributed by atoms with Crippen LogP contribution in [-0.2, 0) is 18.3 Å². The largest absolute Gasteiger partial charge is 0.310 e. The molecule has 0 N–H and O–H groups in total. The summed E-state index contributed by atoms with van der Waals surface area (Å²) in [6.07, 6.45) is 6.51. The highest BCUT2D eigenvalue weighted by molar-refractivity contribution is 6.04. The third-order valence-electron chi connectivity index (χ3n) is 14.7. The van der Waals surface area contributed by atoms with Crippen molar-refractivity contribution in [3.63, 3.8) is 0 Å². The van der Waals surface area contributed by atoms with E-state index < -0.39 is 5.41 Å². The monoisotopic (exact) mass is 826 g/mol. The lowest BCUT2D eigenvalue weighted by atomic mass is 9.70. The molecule has 2 nitrogen and oxygen atoms in total. The van der Waals surface area contributed by atoms with E-state index in [1.54, 1.807) is 0 Å². The van der Waals surface area contributed by atoms with Gasteiger partial charge in [-0.1, -0.05) is 182 Å². The maximum atomic E-state index is 2.51.